The molecular formula is C32H30F3N5O3. The third-order valence-corrected chi connectivity index (χ3v) is 8.21. The Kier molecular flexibility index (Phi) is 6.98. The van der Waals surface area contributed by atoms with Crippen molar-refractivity contribution in [3.8, 4) is 22.6 Å². The molecule has 1 amide bonds. The van der Waals surface area contributed by atoms with E-state index in [4.69, 9.17) is 4.74 Å². The molecule has 8 nitrogen and oxygen atoms in total. The van der Waals surface area contributed by atoms with Gasteiger partial charge in [-0.2, -0.15) is 4.98 Å². The number of aryl methyl sites for hydroxylation is 1. The van der Waals surface area contributed by atoms with Gasteiger partial charge in [0.15, 0.2) is 17.4 Å². The molecule has 11 heteroatoms. The number of hydrogen-bond donors (Lipinski definition) is 0. The summed E-state index contributed by atoms with van der Waals surface area (Å²) in [6, 6.07) is 6.09. The molecule has 4 aromatic rings. The Morgan fingerprint density at radius 1 is 1.14 bits per heavy atom. The van der Waals surface area contributed by atoms with Crippen LogP contribution in [-0.2, 0) is 4.79 Å². The number of hydrogen-bond acceptors (Lipinski definition) is 6. The number of ether oxygens (including phenoxy) is 1. The highest BCUT2D eigenvalue weighted by Gasteiger charge is 2.41. The predicted molar refractivity (Wildman–Crippen MR) is 157 cm³/mol. The maximum absolute atomic E-state index is 17.0. The number of pyridine rings is 1. The molecule has 2 aromatic heterocycles. The number of aromatic nitrogens is 3. The van der Waals surface area contributed by atoms with Crippen LogP contribution in [0.4, 0.5) is 19.0 Å². The molecule has 222 valence electrons. The number of anilines is 1. The van der Waals surface area contributed by atoms with E-state index in [1.807, 2.05) is 20.8 Å². The lowest BCUT2D eigenvalue weighted by molar-refractivity contribution is -0.129. The number of benzene rings is 2. The second kappa shape index (κ2) is 10.6. The molecular weight excluding hydrogens is 559 g/mol. The quantitative estimate of drug-likeness (QED) is 0.302. The summed E-state index contributed by atoms with van der Waals surface area (Å²) < 4.78 is 55.8. The molecule has 2 aliphatic heterocycles. The average molecular weight is 590 g/mol. The van der Waals surface area contributed by atoms with Crippen molar-refractivity contribution < 1.29 is 22.7 Å². The number of amides is 1. The van der Waals surface area contributed by atoms with E-state index < -0.39 is 34.7 Å². The van der Waals surface area contributed by atoms with E-state index in [1.54, 1.807) is 29.0 Å². The Morgan fingerprint density at radius 2 is 1.88 bits per heavy atom. The van der Waals surface area contributed by atoms with Crippen molar-refractivity contribution in [1.82, 2.24) is 19.4 Å². The lowest BCUT2D eigenvalue weighted by atomic mass is 9.99. The van der Waals surface area contributed by atoms with Gasteiger partial charge in [-0.3, -0.25) is 14.3 Å². The molecule has 0 radical (unpaired) electrons. The van der Waals surface area contributed by atoms with Crippen LogP contribution in [-0.4, -0.2) is 57.1 Å². The first-order valence-electron chi connectivity index (χ1n) is 14.1. The standard InChI is InChI=1S/C32H30F3N5O3/c1-6-22(41)38-14-19-15-43-30-24-29(25(34)23(26(30)35)20-9-7-8-10-21(20)33)40(28-17(4)11-12-36-27(28)16(2)3)32(42)37-31(24)39(19)13-18(38)5/h6-12,16,18-19H,1,13-15H2,2-5H3. The molecule has 43 heavy (non-hydrogen) atoms. The van der Waals surface area contributed by atoms with Gasteiger partial charge in [0.2, 0.25) is 5.91 Å². The van der Waals surface area contributed by atoms with Crippen LogP contribution in [0.1, 0.15) is 37.9 Å². The Labute approximate surface area is 246 Å². The van der Waals surface area contributed by atoms with E-state index in [-0.39, 0.29) is 65.6 Å². The Balaban J connectivity index is 1.75. The first-order chi connectivity index (χ1) is 20.5. The van der Waals surface area contributed by atoms with Crippen molar-refractivity contribution in [2.75, 3.05) is 24.6 Å². The molecule has 2 unspecified atom stereocenters. The predicted octanol–water partition coefficient (Wildman–Crippen LogP) is 5.28. The number of piperazine rings is 1. The van der Waals surface area contributed by atoms with Gasteiger partial charge in [0.05, 0.1) is 28.4 Å². The Bertz CT molecular complexity index is 1870. The average Bonchev–Trinajstić information content (AvgIpc) is 3.12. The number of nitrogens with zero attached hydrogens (tertiary/aromatic N) is 5. The SMILES string of the molecule is C=CC(=O)N1CC2COc3c(F)c(-c4ccccc4F)c(F)c4c3c(nc(=O)n4-c3c(C)ccnc3C(C)C)N2CC1C. The van der Waals surface area contributed by atoms with Gasteiger partial charge in [0, 0.05) is 30.9 Å². The number of carbonyl (C=O) groups excluding carboxylic acids is 1. The molecule has 2 aromatic carbocycles. The van der Waals surface area contributed by atoms with Gasteiger partial charge in [0.1, 0.15) is 23.8 Å². The number of halogens is 3. The first-order valence-corrected chi connectivity index (χ1v) is 14.1. The van der Waals surface area contributed by atoms with Gasteiger partial charge in [-0.15, -0.1) is 0 Å². The minimum Gasteiger partial charge on any atom is -0.487 e. The van der Waals surface area contributed by atoms with Crippen molar-refractivity contribution in [3.63, 3.8) is 0 Å². The summed E-state index contributed by atoms with van der Waals surface area (Å²) in [5.41, 5.74) is -0.636. The van der Waals surface area contributed by atoms with Gasteiger partial charge in [-0.05, 0) is 43.5 Å². The Morgan fingerprint density at radius 3 is 2.58 bits per heavy atom. The van der Waals surface area contributed by atoms with Crippen LogP contribution in [0.25, 0.3) is 27.7 Å². The number of fused-ring (bicyclic) bond motifs is 2. The molecule has 2 atom stereocenters. The first kappa shape index (κ1) is 28.4. The monoisotopic (exact) mass is 589 g/mol. The largest absolute Gasteiger partial charge is 0.487 e. The van der Waals surface area contributed by atoms with E-state index in [0.717, 1.165) is 10.6 Å². The second-order valence-corrected chi connectivity index (χ2v) is 11.3. The van der Waals surface area contributed by atoms with Crippen molar-refractivity contribution in [2.45, 2.75) is 45.7 Å². The number of carbonyl (C=O) groups is 1. The highest BCUT2D eigenvalue weighted by Crippen LogP contribution is 2.46. The fourth-order valence-corrected chi connectivity index (χ4v) is 6.14. The molecule has 4 heterocycles. The fraction of sp³-hybridized carbons (Fsp3) is 0.312. The van der Waals surface area contributed by atoms with Gasteiger partial charge < -0.3 is 14.5 Å². The summed E-state index contributed by atoms with van der Waals surface area (Å²) >= 11 is 0. The minimum atomic E-state index is -1.13. The summed E-state index contributed by atoms with van der Waals surface area (Å²) in [6.07, 6.45) is 2.82. The molecule has 0 aliphatic carbocycles. The summed E-state index contributed by atoms with van der Waals surface area (Å²) in [5, 5.41) is -0.0501. The molecule has 1 fully saturated rings. The van der Waals surface area contributed by atoms with E-state index in [1.165, 1.54) is 24.3 Å². The molecule has 0 bridgehead atoms. The highest BCUT2D eigenvalue weighted by atomic mass is 19.1. The molecule has 0 N–H and O–H groups in total. The zero-order valence-corrected chi connectivity index (χ0v) is 24.2. The van der Waals surface area contributed by atoms with Crippen LogP contribution in [0.3, 0.4) is 0 Å². The van der Waals surface area contributed by atoms with Crippen LogP contribution in [0.5, 0.6) is 5.75 Å². The van der Waals surface area contributed by atoms with Crippen molar-refractivity contribution in [3.05, 3.63) is 88.4 Å². The smallest absolute Gasteiger partial charge is 0.354 e. The normalized spacial score (nSPS) is 18.0. The lowest BCUT2D eigenvalue weighted by Crippen LogP contribution is -2.60. The summed E-state index contributed by atoms with van der Waals surface area (Å²) in [6.45, 7) is 11.2. The third kappa shape index (κ3) is 4.36. The van der Waals surface area contributed by atoms with E-state index >= 15 is 13.2 Å². The molecule has 1 saturated heterocycles. The zero-order valence-electron chi connectivity index (χ0n) is 24.2. The molecule has 0 spiro atoms. The van der Waals surface area contributed by atoms with Crippen LogP contribution in [0, 0.1) is 24.4 Å². The maximum atomic E-state index is 17.0. The Hall–Kier alpha value is -4.67. The molecule has 0 saturated carbocycles. The van der Waals surface area contributed by atoms with Crippen LogP contribution < -0.4 is 15.3 Å². The third-order valence-electron chi connectivity index (χ3n) is 8.21. The minimum absolute atomic E-state index is 0.0387. The summed E-state index contributed by atoms with van der Waals surface area (Å²) in [5.74, 6) is -3.83. The van der Waals surface area contributed by atoms with Gasteiger partial charge in [0.25, 0.3) is 0 Å². The topological polar surface area (TPSA) is 80.6 Å². The van der Waals surface area contributed by atoms with Crippen molar-refractivity contribution in [2.24, 2.45) is 0 Å². The highest BCUT2D eigenvalue weighted by molar-refractivity contribution is 6.00. The molecule has 6 rings (SSSR count). The van der Waals surface area contributed by atoms with E-state index in [9.17, 15) is 9.59 Å². The van der Waals surface area contributed by atoms with Crippen LogP contribution in [0.15, 0.2) is 54.0 Å². The lowest BCUT2D eigenvalue weighted by Gasteiger charge is -2.44. The van der Waals surface area contributed by atoms with Crippen molar-refractivity contribution in [1.29, 1.82) is 0 Å². The summed E-state index contributed by atoms with van der Waals surface area (Å²) in [4.78, 5) is 38.9. The fourth-order valence-electron chi connectivity index (χ4n) is 6.14. The van der Waals surface area contributed by atoms with Gasteiger partial charge >= 0.3 is 5.69 Å². The number of rotatable bonds is 4. The second-order valence-electron chi connectivity index (χ2n) is 11.3. The van der Waals surface area contributed by atoms with Crippen LogP contribution >= 0.6 is 0 Å². The maximum Gasteiger partial charge on any atom is 0.354 e. The van der Waals surface area contributed by atoms with Crippen LogP contribution in [0.2, 0.25) is 0 Å². The van der Waals surface area contributed by atoms with E-state index in [0.29, 0.717) is 16.9 Å². The van der Waals surface area contributed by atoms with Crippen molar-refractivity contribution >= 4 is 22.6 Å². The summed E-state index contributed by atoms with van der Waals surface area (Å²) in [7, 11) is 0. The zero-order chi connectivity index (χ0) is 30.7. The van der Waals surface area contributed by atoms with E-state index in [2.05, 4.69) is 16.5 Å². The van der Waals surface area contributed by atoms with Gasteiger partial charge in [-0.25, -0.2) is 18.0 Å². The molecule has 2 aliphatic rings. The van der Waals surface area contributed by atoms with Gasteiger partial charge in [-0.1, -0.05) is 38.6 Å².